The number of amides is 1. The van der Waals surface area contributed by atoms with E-state index in [4.69, 9.17) is 9.47 Å². The Balaban J connectivity index is 1.74. The summed E-state index contributed by atoms with van der Waals surface area (Å²) in [5.41, 5.74) is 1.12. The molecule has 0 aromatic heterocycles. The maximum atomic E-state index is 12.4. The van der Waals surface area contributed by atoms with Crippen molar-refractivity contribution in [3.05, 3.63) is 23.8 Å². The zero-order chi connectivity index (χ0) is 20.7. The number of hydrogen-bond donors (Lipinski definition) is 1. The third-order valence-corrected chi connectivity index (χ3v) is 6.94. The monoisotopic (exact) mass is 413 g/mol. The molecule has 0 unspecified atom stereocenters. The fourth-order valence-corrected chi connectivity index (χ4v) is 4.40. The van der Waals surface area contributed by atoms with Gasteiger partial charge in [0.25, 0.3) is 10.2 Å². The van der Waals surface area contributed by atoms with Crippen molar-refractivity contribution in [1.29, 1.82) is 0 Å². The second kappa shape index (κ2) is 10.1. The number of carbonyl (C=O) groups is 1. The van der Waals surface area contributed by atoms with Crippen molar-refractivity contribution < 1.29 is 22.7 Å². The van der Waals surface area contributed by atoms with Gasteiger partial charge in [0.1, 0.15) is 0 Å². The van der Waals surface area contributed by atoms with Crippen LogP contribution in [0.5, 0.6) is 11.5 Å². The number of nitrogens with one attached hydrogen (secondary N) is 1. The van der Waals surface area contributed by atoms with E-state index in [-0.39, 0.29) is 11.8 Å². The maximum Gasteiger partial charge on any atom is 0.281 e. The largest absolute Gasteiger partial charge is 0.493 e. The lowest BCUT2D eigenvalue weighted by Crippen LogP contribution is -2.46. The number of aryl methyl sites for hydroxylation is 1. The van der Waals surface area contributed by atoms with Gasteiger partial charge in [0.15, 0.2) is 11.5 Å². The van der Waals surface area contributed by atoms with E-state index < -0.39 is 10.2 Å². The molecule has 2 rings (SSSR count). The molecule has 0 bridgehead atoms. The minimum Gasteiger partial charge on any atom is -0.493 e. The number of piperidine rings is 1. The quantitative estimate of drug-likeness (QED) is 0.616. The Morgan fingerprint density at radius 3 is 2.39 bits per heavy atom. The van der Waals surface area contributed by atoms with Crippen LogP contribution in [0.4, 0.5) is 0 Å². The van der Waals surface area contributed by atoms with E-state index in [1.807, 2.05) is 18.2 Å². The van der Waals surface area contributed by atoms with Gasteiger partial charge in [-0.1, -0.05) is 6.07 Å². The molecule has 0 aliphatic carbocycles. The topological polar surface area (TPSA) is 88.2 Å². The second-order valence-electron chi connectivity index (χ2n) is 7.05. The first-order chi connectivity index (χ1) is 13.3. The van der Waals surface area contributed by atoms with Crippen LogP contribution >= 0.6 is 0 Å². The lowest BCUT2D eigenvalue weighted by Gasteiger charge is -2.32. The highest BCUT2D eigenvalue weighted by Gasteiger charge is 2.31. The third kappa shape index (κ3) is 5.59. The summed E-state index contributed by atoms with van der Waals surface area (Å²) in [5.74, 6) is 1.27. The molecule has 1 aromatic rings. The van der Waals surface area contributed by atoms with E-state index in [0.29, 0.717) is 44.0 Å². The highest BCUT2D eigenvalue weighted by molar-refractivity contribution is 7.86. The summed E-state index contributed by atoms with van der Waals surface area (Å²) >= 11 is 0. The van der Waals surface area contributed by atoms with Crippen LogP contribution < -0.4 is 14.8 Å². The molecule has 1 amide bonds. The van der Waals surface area contributed by atoms with E-state index >= 15 is 0 Å². The molecule has 0 saturated carbocycles. The van der Waals surface area contributed by atoms with Crippen molar-refractivity contribution in [2.24, 2.45) is 5.92 Å². The van der Waals surface area contributed by atoms with E-state index in [0.717, 1.165) is 18.4 Å². The van der Waals surface area contributed by atoms with Crippen molar-refractivity contribution in [1.82, 2.24) is 13.9 Å². The highest BCUT2D eigenvalue weighted by Crippen LogP contribution is 2.28. The molecule has 1 aliphatic heterocycles. The van der Waals surface area contributed by atoms with Gasteiger partial charge in [-0.15, -0.1) is 0 Å². The van der Waals surface area contributed by atoms with E-state index in [9.17, 15) is 13.2 Å². The van der Waals surface area contributed by atoms with Gasteiger partial charge in [-0.2, -0.15) is 17.0 Å². The Hall–Kier alpha value is -1.84. The van der Waals surface area contributed by atoms with Crippen molar-refractivity contribution in [2.45, 2.75) is 25.7 Å². The van der Waals surface area contributed by atoms with Crippen LogP contribution in [-0.2, 0) is 21.4 Å². The lowest BCUT2D eigenvalue weighted by molar-refractivity contribution is -0.126. The van der Waals surface area contributed by atoms with Gasteiger partial charge in [-0.3, -0.25) is 4.79 Å². The van der Waals surface area contributed by atoms with Crippen LogP contribution in [0, 0.1) is 5.92 Å². The first-order valence-electron chi connectivity index (χ1n) is 9.45. The van der Waals surface area contributed by atoms with Gasteiger partial charge in [-0.05, 0) is 43.4 Å². The van der Waals surface area contributed by atoms with Gasteiger partial charge in [-0.25, -0.2) is 0 Å². The Morgan fingerprint density at radius 2 is 1.82 bits per heavy atom. The molecule has 1 saturated heterocycles. The van der Waals surface area contributed by atoms with Crippen LogP contribution in [0.3, 0.4) is 0 Å². The average Bonchev–Trinajstić information content (AvgIpc) is 2.70. The number of benzene rings is 1. The van der Waals surface area contributed by atoms with Crippen molar-refractivity contribution in [2.75, 3.05) is 47.9 Å². The second-order valence-corrected chi connectivity index (χ2v) is 9.19. The van der Waals surface area contributed by atoms with Crippen molar-refractivity contribution in [3.63, 3.8) is 0 Å². The van der Waals surface area contributed by atoms with E-state index in [2.05, 4.69) is 5.32 Å². The summed E-state index contributed by atoms with van der Waals surface area (Å²) in [6.07, 6.45) is 2.73. The van der Waals surface area contributed by atoms with Gasteiger partial charge < -0.3 is 14.8 Å². The summed E-state index contributed by atoms with van der Waals surface area (Å²) in [6, 6.07) is 5.81. The number of rotatable bonds is 9. The molecule has 1 aromatic carbocycles. The van der Waals surface area contributed by atoms with Gasteiger partial charge >= 0.3 is 0 Å². The zero-order valence-electron chi connectivity index (χ0n) is 17.1. The molecule has 9 heteroatoms. The molecule has 0 atom stereocenters. The molecule has 1 N–H and O–H groups in total. The van der Waals surface area contributed by atoms with E-state index in [1.54, 1.807) is 14.2 Å². The molecule has 1 aliphatic rings. The first-order valence-corrected chi connectivity index (χ1v) is 10.9. The Morgan fingerprint density at radius 1 is 1.18 bits per heavy atom. The molecule has 8 nitrogen and oxygen atoms in total. The lowest BCUT2D eigenvalue weighted by atomic mass is 9.97. The fourth-order valence-electron chi connectivity index (χ4n) is 3.26. The molecule has 0 spiro atoms. The summed E-state index contributed by atoms with van der Waals surface area (Å²) < 4.78 is 37.4. The molecule has 1 heterocycles. The third-order valence-electron chi connectivity index (χ3n) is 5.00. The molecular formula is C19H31N3O5S. The molecule has 1 fully saturated rings. The number of nitrogens with zero attached hydrogens (tertiary/aromatic N) is 2. The Bertz CT molecular complexity index is 759. The number of ether oxygens (including phenoxy) is 2. The zero-order valence-corrected chi connectivity index (χ0v) is 17.9. The van der Waals surface area contributed by atoms with Crippen LogP contribution in [0.15, 0.2) is 18.2 Å². The minimum atomic E-state index is -3.40. The predicted molar refractivity (Wildman–Crippen MR) is 108 cm³/mol. The summed E-state index contributed by atoms with van der Waals surface area (Å²) in [7, 11) is 2.86. The molecule has 158 valence electrons. The van der Waals surface area contributed by atoms with Crippen LogP contribution in [0.2, 0.25) is 0 Å². The van der Waals surface area contributed by atoms with Gasteiger partial charge in [0.2, 0.25) is 5.91 Å². The molecule has 0 radical (unpaired) electrons. The van der Waals surface area contributed by atoms with Crippen LogP contribution in [0.25, 0.3) is 0 Å². The van der Waals surface area contributed by atoms with Crippen molar-refractivity contribution >= 4 is 16.1 Å². The standard InChI is InChI=1S/C19H31N3O5S/c1-21(2)28(24,25)22-12-9-16(10-13-22)19(23)20-11-5-6-15-7-8-17(26-3)18(14-15)27-4/h7-8,14,16H,5-6,9-13H2,1-4H3,(H,20,23). The number of hydrogen-bond acceptors (Lipinski definition) is 5. The maximum absolute atomic E-state index is 12.4. The SMILES string of the molecule is COc1ccc(CCCNC(=O)C2CCN(S(=O)(=O)N(C)C)CC2)cc1OC. The van der Waals surface area contributed by atoms with Crippen LogP contribution in [0.1, 0.15) is 24.8 Å². The number of carbonyl (C=O) groups excluding carboxylic acids is 1. The first kappa shape index (κ1) is 22.4. The van der Waals surface area contributed by atoms with Crippen LogP contribution in [-0.4, -0.2) is 70.9 Å². The highest BCUT2D eigenvalue weighted by atomic mass is 32.2. The molecular weight excluding hydrogens is 382 g/mol. The van der Waals surface area contributed by atoms with Crippen molar-refractivity contribution in [3.8, 4) is 11.5 Å². The summed E-state index contributed by atoms with van der Waals surface area (Å²) in [4.78, 5) is 12.4. The molecule has 28 heavy (non-hydrogen) atoms. The summed E-state index contributed by atoms with van der Waals surface area (Å²) in [5, 5.41) is 2.98. The Kier molecular flexibility index (Phi) is 8.09. The normalized spacial score (nSPS) is 16.2. The van der Waals surface area contributed by atoms with E-state index in [1.165, 1.54) is 22.7 Å². The minimum absolute atomic E-state index is 0.00853. The summed E-state index contributed by atoms with van der Waals surface area (Å²) in [6.45, 7) is 1.35. The smallest absolute Gasteiger partial charge is 0.281 e. The average molecular weight is 414 g/mol. The Labute approximate surface area is 168 Å². The fraction of sp³-hybridized carbons (Fsp3) is 0.632. The predicted octanol–water partition coefficient (Wildman–Crippen LogP) is 1.27. The van der Waals surface area contributed by atoms with Gasteiger partial charge in [0.05, 0.1) is 14.2 Å². The number of methoxy groups -OCH3 is 2. The van der Waals surface area contributed by atoms with Gasteiger partial charge in [0, 0.05) is 39.6 Å².